The van der Waals surface area contributed by atoms with Crippen LogP contribution in [-0.2, 0) is 10.0 Å². The molecule has 0 fully saturated rings. The van der Waals surface area contributed by atoms with Crippen molar-refractivity contribution < 1.29 is 37.0 Å². The fourth-order valence-corrected chi connectivity index (χ4v) is 5.02. The third-order valence-electron chi connectivity index (χ3n) is 5.76. The monoisotopic (exact) mass is 526 g/mol. The molecule has 3 N–H and O–H groups in total. The Kier molecular flexibility index (Phi) is 7.01. The van der Waals surface area contributed by atoms with Gasteiger partial charge in [-0.15, -0.1) is 0 Å². The number of carboxylic acids is 1. The zero-order chi connectivity index (χ0) is 26.9. The molecule has 1 aromatic heterocycles. The molecule has 0 atom stereocenters. The summed E-state index contributed by atoms with van der Waals surface area (Å²) in [5.41, 5.74) is 1.48. The van der Waals surface area contributed by atoms with Crippen LogP contribution >= 0.6 is 0 Å². The van der Waals surface area contributed by atoms with Crippen LogP contribution in [0.1, 0.15) is 20.7 Å². The Morgan fingerprint density at radius 1 is 1.05 bits per heavy atom. The molecule has 0 aliphatic heterocycles. The highest BCUT2D eigenvalue weighted by Gasteiger charge is 2.27. The largest absolute Gasteiger partial charge is 0.478 e. The zero-order valence-corrected chi connectivity index (χ0v) is 20.7. The summed E-state index contributed by atoms with van der Waals surface area (Å²) < 4.78 is 45.9. The molecule has 1 heterocycles. The Bertz CT molecular complexity index is 1610. The molecule has 0 saturated carbocycles. The highest BCUT2D eigenvalue weighted by atomic mass is 32.2. The number of carbonyl (C=O) groups excluding carboxylic acids is 1. The fraction of sp³-hybridized carbons (Fsp3) is 0.154. The first kappa shape index (κ1) is 25.9. The second-order valence-electron chi connectivity index (χ2n) is 8.20. The molecule has 0 aliphatic rings. The predicted molar refractivity (Wildman–Crippen MR) is 137 cm³/mol. The number of fused-ring (bicyclic) bond motifs is 1. The molecule has 0 unspecified atom stereocenters. The molecular formula is C26H23FN2O7S. The second kappa shape index (κ2) is 10.0. The minimum Gasteiger partial charge on any atom is -0.478 e. The molecule has 0 aliphatic carbocycles. The number of aliphatic hydroxyl groups is 1. The van der Waals surface area contributed by atoms with Crippen LogP contribution in [0.15, 0.2) is 65.1 Å². The molecule has 0 saturated heterocycles. The lowest BCUT2D eigenvalue weighted by Crippen LogP contribution is -2.33. The van der Waals surface area contributed by atoms with Gasteiger partial charge in [-0.05, 0) is 48.0 Å². The molecule has 0 spiro atoms. The van der Waals surface area contributed by atoms with Gasteiger partial charge in [-0.2, -0.15) is 0 Å². The first-order chi connectivity index (χ1) is 17.5. The van der Waals surface area contributed by atoms with Gasteiger partial charge in [0.2, 0.25) is 10.0 Å². The summed E-state index contributed by atoms with van der Waals surface area (Å²) in [6.45, 7) is -0.758. The number of aliphatic hydroxyl groups excluding tert-OH is 1. The van der Waals surface area contributed by atoms with Gasteiger partial charge in [-0.3, -0.25) is 9.10 Å². The maximum atomic E-state index is 13.6. The van der Waals surface area contributed by atoms with E-state index >= 15 is 0 Å². The van der Waals surface area contributed by atoms with Gasteiger partial charge in [-0.1, -0.05) is 12.1 Å². The average molecular weight is 527 g/mol. The lowest BCUT2D eigenvalue weighted by molar-refractivity contribution is 0.0696. The highest BCUT2D eigenvalue weighted by Crippen LogP contribution is 2.41. The van der Waals surface area contributed by atoms with Gasteiger partial charge in [0.25, 0.3) is 5.91 Å². The Labute approximate surface area is 211 Å². The lowest BCUT2D eigenvalue weighted by Gasteiger charge is -2.24. The first-order valence-electron chi connectivity index (χ1n) is 11.1. The van der Waals surface area contributed by atoms with Crippen molar-refractivity contribution in [3.63, 3.8) is 0 Å². The molecule has 1 amide bonds. The molecule has 37 heavy (non-hydrogen) atoms. The number of rotatable bonds is 8. The van der Waals surface area contributed by atoms with Gasteiger partial charge in [-0.25, -0.2) is 17.6 Å². The SMILES string of the molecule is CNC(=O)c1c(-c2ccc(F)cc2)oc2cc(N(CCO)S(C)(=O)=O)c(-c3cccc(C(=O)O)c3)cc12. The number of nitrogens with one attached hydrogen (secondary N) is 1. The Morgan fingerprint density at radius 2 is 1.76 bits per heavy atom. The molecule has 192 valence electrons. The highest BCUT2D eigenvalue weighted by molar-refractivity contribution is 7.92. The van der Waals surface area contributed by atoms with Crippen LogP contribution in [0, 0.1) is 5.82 Å². The van der Waals surface area contributed by atoms with Gasteiger partial charge in [0.1, 0.15) is 17.2 Å². The maximum Gasteiger partial charge on any atom is 0.335 e. The number of benzene rings is 3. The van der Waals surface area contributed by atoms with E-state index in [0.717, 1.165) is 10.6 Å². The quantitative estimate of drug-likeness (QED) is 0.318. The van der Waals surface area contributed by atoms with Gasteiger partial charge < -0.3 is 19.9 Å². The van der Waals surface area contributed by atoms with Crippen molar-refractivity contribution in [1.29, 1.82) is 0 Å². The van der Waals surface area contributed by atoms with Crippen molar-refractivity contribution >= 4 is 38.6 Å². The van der Waals surface area contributed by atoms with Crippen LogP contribution in [0.2, 0.25) is 0 Å². The van der Waals surface area contributed by atoms with E-state index in [1.54, 1.807) is 12.1 Å². The number of carbonyl (C=O) groups is 2. The number of halogens is 1. The molecular weight excluding hydrogens is 503 g/mol. The van der Waals surface area contributed by atoms with E-state index in [2.05, 4.69) is 5.32 Å². The van der Waals surface area contributed by atoms with Crippen molar-refractivity contribution in [2.24, 2.45) is 0 Å². The number of amides is 1. The van der Waals surface area contributed by atoms with E-state index in [-0.39, 0.29) is 34.7 Å². The summed E-state index contributed by atoms with van der Waals surface area (Å²) in [4.78, 5) is 24.6. The minimum absolute atomic E-state index is 0.0256. The van der Waals surface area contributed by atoms with Crippen molar-refractivity contribution in [3.05, 3.63) is 77.6 Å². The normalized spacial score (nSPS) is 11.5. The van der Waals surface area contributed by atoms with E-state index in [0.29, 0.717) is 22.1 Å². The lowest BCUT2D eigenvalue weighted by atomic mass is 9.97. The first-order valence-corrected chi connectivity index (χ1v) is 12.9. The number of aromatic carboxylic acids is 1. The number of furan rings is 1. The van der Waals surface area contributed by atoms with Gasteiger partial charge >= 0.3 is 5.97 Å². The van der Waals surface area contributed by atoms with Gasteiger partial charge in [0.05, 0.1) is 36.2 Å². The van der Waals surface area contributed by atoms with Gasteiger partial charge in [0.15, 0.2) is 0 Å². The minimum atomic E-state index is -3.89. The summed E-state index contributed by atoms with van der Waals surface area (Å²) in [6, 6.07) is 14.2. The van der Waals surface area contributed by atoms with E-state index < -0.39 is 34.3 Å². The van der Waals surface area contributed by atoms with Crippen molar-refractivity contribution in [1.82, 2.24) is 5.32 Å². The Balaban J connectivity index is 2.11. The third-order valence-corrected chi connectivity index (χ3v) is 6.94. The van der Waals surface area contributed by atoms with E-state index in [1.165, 1.54) is 55.6 Å². The van der Waals surface area contributed by atoms with Crippen LogP contribution in [0.5, 0.6) is 0 Å². The Morgan fingerprint density at radius 3 is 2.35 bits per heavy atom. The number of anilines is 1. The van der Waals surface area contributed by atoms with E-state index in [4.69, 9.17) is 4.42 Å². The topological polar surface area (TPSA) is 137 Å². The van der Waals surface area contributed by atoms with Crippen molar-refractivity contribution in [2.45, 2.75) is 0 Å². The maximum absolute atomic E-state index is 13.6. The number of sulfonamides is 1. The predicted octanol–water partition coefficient (Wildman–Crippen LogP) is 3.72. The summed E-state index contributed by atoms with van der Waals surface area (Å²) >= 11 is 0. The molecule has 4 rings (SSSR count). The summed E-state index contributed by atoms with van der Waals surface area (Å²) in [5, 5.41) is 22.0. The van der Waals surface area contributed by atoms with E-state index in [1.807, 2.05) is 0 Å². The summed E-state index contributed by atoms with van der Waals surface area (Å²) in [5.74, 6) is -2.00. The molecule has 3 aromatic carbocycles. The standard InChI is InChI=1S/C26H23FN2O7S/c1-28-25(31)23-20-13-19(16-4-3-5-17(12-16)26(32)33)21(29(10-11-30)37(2,34)35)14-22(20)36-24(23)15-6-8-18(27)9-7-15/h3-9,12-14,30H,10-11H2,1-2H3,(H,28,31)(H,32,33). The number of hydrogen-bond acceptors (Lipinski definition) is 6. The smallest absolute Gasteiger partial charge is 0.335 e. The third kappa shape index (κ3) is 5.04. The number of hydrogen-bond donors (Lipinski definition) is 3. The summed E-state index contributed by atoms with van der Waals surface area (Å²) in [6.07, 6.45) is 0.979. The second-order valence-corrected chi connectivity index (χ2v) is 10.1. The fourth-order valence-electron chi connectivity index (χ4n) is 4.10. The van der Waals surface area contributed by atoms with Crippen LogP contribution in [0.4, 0.5) is 10.1 Å². The number of carboxylic acid groups (broad SMARTS) is 1. The zero-order valence-electron chi connectivity index (χ0n) is 19.9. The molecule has 11 heteroatoms. The van der Waals surface area contributed by atoms with Crippen LogP contribution in [0.3, 0.4) is 0 Å². The molecule has 4 aromatic rings. The van der Waals surface area contributed by atoms with Crippen molar-refractivity contribution in [3.8, 4) is 22.5 Å². The van der Waals surface area contributed by atoms with Gasteiger partial charge in [0, 0.05) is 29.6 Å². The average Bonchev–Trinajstić information content (AvgIpc) is 3.24. The van der Waals surface area contributed by atoms with Crippen LogP contribution < -0.4 is 9.62 Å². The van der Waals surface area contributed by atoms with Crippen LogP contribution in [0.25, 0.3) is 33.4 Å². The van der Waals surface area contributed by atoms with Crippen molar-refractivity contribution in [2.75, 3.05) is 30.8 Å². The van der Waals surface area contributed by atoms with Crippen LogP contribution in [-0.4, -0.2) is 57.0 Å². The number of nitrogens with zero attached hydrogens (tertiary/aromatic N) is 1. The van der Waals surface area contributed by atoms with E-state index in [9.17, 15) is 32.6 Å². The molecule has 0 bridgehead atoms. The molecule has 0 radical (unpaired) electrons. The summed E-state index contributed by atoms with van der Waals surface area (Å²) in [7, 11) is -2.45. The molecule has 9 nitrogen and oxygen atoms in total. The Hall–Kier alpha value is -4.22.